The molecular weight excluding hydrogens is 492 g/mol. The van der Waals surface area contributed by atoms with Crippen LogP contribution in [0, 0.1) is 17.6 Å². The molecule has 3 unspecified atom stereocenters. The number of carbonyl (C=O) groups excluding carboxylic acids is 2. The maximum Gasteiger partial charge on any atom is 0.310 e. The summed E-state index contributed by atoms with van der Waals surface area (Å²) in [6, 6.07) is 11.7. The van der Waals surface area contributed by atoms with E-state index in [1.54, 1.807) is 0 Å². The van der Waals surface area contributed by atoms with Crippen molar-refractivity contribution in [1.82, 2.24) is 20.2 Å². The number of hydrogen-bond donors (Lipinski definition) is 2. The number of cyclic esters (lactones) is 1. The van der Waals surface area contributed by atoms with Crippen LogP contribution in [-0.2, 0) is 16.1 Å². The number of nitrogens with one attached hydrogen (secondary N) is 2. The number of hydrogen-bond acceptors (Lipinski definition) is 7. The second kappa shape index (κ2) is 9.75. The van der Waals surface area contributed by atoms with Crippen LogP contribution in [0.2, 0.25) is 0 Å². The van der Waals surface area contributed by atoms with Gasteiger partial charge in [0.15, 0.2) is 5.82 Å². The number of fused-ring (bicyclic) bond motifs is 1. The topological polar surface area (TPSA) is 96.4 Å². The molecule has 2 N–H and O–H groups in total. The summed E-state index contributed by atoms with van der Waals surface area (Å²) >= 11 is 0. The van der Waals surface area contributed by atoms with Crippen LogP contribution < -0.4 is 10.6 Å². The summed E-state index contributed by atoms with van der Waals surface area (Å²) in [7, 11) is 0. The van der Waals surface area contributed by atoms with Crippen LogP contribution in [0.3, 0.4) is 0 Å². The Kier molecular flexibility index (Phi) is 6.27. The Bertz CT molecular complexity index is 1390. The second-order valence-electron chi connectivity index (χ2n) is 10.0. The lowest BCUT2D eigenvalue weighted by Gasteiger charge is -2.35. The normalized spacial score (nSPS) is 23.2. The number of rotatable bonds is 5. The number of amides is 1. The Labute approximate surface area is 218 Å². The van der Waals surface area contributed by atoms with Gasteiger partial charge in [-0.3, -0.25) is 14.5 Å². The lowest BCUT2D eigenvalue weighted by Crippen LogP contribution is -2.45. The molecule has 0 saturated carbocycles. The van der Waals surface area contributed by atoms with Gasteiger partial charge in [-0.25, -0.2) is 18.7 Å². The van der Waals surface area contributed by atoms with Gasteiger partial charge in [0.05, 0.1) is 30.3 Å². The summed E-state index contributed by atoms with van der Waals surface area (Å²) in [4.78, 5) is 35.5. The van der Waals surface area contributed by atoms with Gasteiger partial charge >= 0.3 is 5.97 Å². The molecule has 3 aliphatic heterocycles. The molecule has 1 aromatic heterocycles. The average molecular weight is 520 g/mol. The molecule has 0 aliphatic carbocycles. The van der Waals surface area contributed by atoms with Gasteiger partial charge in [-0.1, -0.05) is 25.1 Å². The molecule has 4 heterocycles. The van der Waals surface area contributed by atoms with Crippen molar-refractivity contribution < 1.29 is 23.1 Å². The summed E-state index contributed by atoms with van der Waals surface area (Å²) in [6.45, 7) is 4.39. The lowest BCUT2D eigenvalue weighted by molar-refractivity contribution is -0.156. The standard InChI is InChI=1S/C28H27F2N5O3/c1-15-22(10-12-38-28(15)37)35-11-9-17(14-35)16-5-7-18(8-6-16)32-26-24-21(13-31-27(24)36)33-25(34-26)23-19(29)3-2-4-20(23)30/h2-8,15,17,22H,9-14H2,1H3,(H,31,36)(H,32,33,34). The summed E-state index contributed by atoms with van der Waals surface area (Å²) in [5.41, 5.74) is 2.19. The predicted octanol–water partition coefficient (Wildman–Crippen LogP) is 4.15. The Morgan fingerprint density at radius 1 is 1.03 bits per heavy atom. The fraction of sp³-hybridized carbons (Fsp3) is 0.357. The highest BCUT2D eigenvalue weighted by Gasteiger charge is 2.37. The van der Waals surface area contributed by atoms with Gasteiger partial charge in [0, 0.05) is 18.3 Å². The summed E-state index contributed by atoms with van der Waals surface area (Å²) in [5, 5.41) is 5.85. The van der Waals surface area contributed by atoms with Crippen molar-refractivity contribution in [2.45, 2.75) is 38.3 Å². The molecule has 0 bridgehead atoms. The summed E-state index contributed by atoms with van der Waals surface area (Å²) in [5.74, 6) is -1.72. The molecule has 8 nitrogen and oxygen atoms in total. The molecule has 2 saturated heterocycles. The van der Waals surface area contributed by atoms with E-state index < -0.39 is 11.6 Å². The molecule has 0 spiro atoms. The van der Waals surface area contributed by atoms with Gasteiger partial charge in [0.1, 0.15) is 23.0 Å². The zero-order valence-corrected chi connectivity index (χ0v) is 20.8. The third-order valence-electron chi connectivity index (χ3n) is 7.75. The molecule has 3 aromatic rings. The largest absolute Gasteiger partial charge is 0.465 e. The Balaban J connectivity index is 1.22. The predicted molar refractivity (Wildman–Crippen MR) is 136 cm³/mol. The van der Waals surface area contributed by atoms with E-state index in [0.717, 1.165) is 38.1 Å². The third-order valence-corrected chi connectivity index (χ3v) is 7.75. The minimum absolute atomic E-state index is 0.120. The highest BCUT2D eigenvalue weighted by atomic mass is 19.1. The van der Waals surface area contributed by atoms with Crippen molar-refractivity contribution in [3.63, 3.8) is 0 Å². The van der Waals surface area contributed by atoms with E-state index in [4.69, 9.17) is 4.74 Å². The molecule has 6 rings (SSSR count). The van der Waals surface area contributed by atoms with E-state index in [9.17, 15) is 18.4 Å². The Hall–Kier alpha value is -3.92. The lowest BCUT2D eigenvalue weighted by atomic mass is 9.95. The van der Waals surface area contributed by atoms with Crippen molar-refractivity contribution in [2.24, 2.45) is 5.92 Å². The van der Waals surface area contributed by atoms with Crippen molar-refractivity contribution in [3.05, 3.63) is 70.9 Å². The maximum absolute atomic E-state index is 14.5. The van der Waals surface area contributed by atoms with E-state index in [1.807, 2.05) is 31.2 Å². The number of benzene rings is 2. The van der Waals surface area contributed by atoms with E-state index in [0.29, 0.717) is 23.9 Å². The fourth-order valence-corrected chi connectivity index (χ4v) is 5.69. The molecule has 0 radical (unpaired) electrons. The third kappa shape index (κ3) is 4.38. The second-order valence-corrected chi connectivity index (χ2v) is 10.0. The minimum atomic E-state index is -0.775. The van der Waals surface area contributed by atoms with E-state index in [-0.39, 0.29) is 53.2 Å². The first-order valence-corrected chi connectivity index (χ1v) is 12.8. The average Bonchev–Trinajstić information content (AvgIpc) is 3.54. The van der Waals surface area contributed by atoms with E-state index in [2.05, 4.69) is 25.5 Å². The number of nitrogens with zero attached hydrogens (tertiary/aromatic N) is 3. The quantitative estimate of drug-likeness (QED) is 0.489. The van der Waals surface area contributed by atoms with Gasteiger partial charge in [-0.2, -0.15) is 0 Å². The monoisotopic (exact) mass is 519 g/mol. The van der Waals surface area contributed by atoms with Gasteiger partial charge < -0.3 is 15.4 Å². The highest BCUT2D eigenvalue weighted by molar-refractivity contribution is 6.03. The molecule has 38 heavy (non-hydrogen) atoms. The van der Waals surface area contributed by atoms with Crippen LogP contribution in [0.1, 0.15) is 47.3 Å². The summed E-state index contributed by atoms with van der Waals surface area (Å²) < 4.78 is 34.1. The first-order chi connectivity index (χ1) is 18.4. The van der Waals surface area contributed by atoms with E-state index >= 15 is 0 Å². The van der Waals surface area contributed by atoms with Gasteiger partial charge in [-0.15, -0.1) is 0 Å². The number of esters is 1. The van der Waals surface area contributed by atoms with E-state index in [1.165, 1.54) is 11.6 Å². The van der Waals surface area contributed by atoms with Gasteiger partial charge in [-0.05, 0) is 55.1 Å². The summed E-state index contributed by atoms with van der Waals surface area (Å²) in [6.07, 6.45) is 1.86. The zero-order chi connectivity index (χ0) is 26.4. The van der Waals surface area contributed by atoms with Crippen LogP contribution in [0.4, 0.5) is 20.3 Å². The smallest absolute Gasteiger partial charge is 0.310 e. The number of anilines is 2. The van der Waals surface area contributed by atoms with Crippen LogP contribution in [0.25, 0.3) is 11.4 Å². The van der Waals surface area contributed by atoms with Gasteiger partial charge in [0.25, 0.3) is 5.91 Å². The molecular formula is C28H27F2N5O3. The number of aromatic nitrogens is 2. The highest BCUT2D eigenvalue weighted by Crippen LogP contribution is 2.34. The molecule has 1 amide bonds. The van der Waals surface area contributed by atoms with Crippen LogP contribution in [0.5, 0.6) is 0 Å². The molecule has 2 fully saturated rings. The first-order valence-electron chi connectivity index (χ1n) is 12.8. The Morgan fingerprint density at radius 3 is 2.55 bits per heavy atom. The first kappa shape index (κ1) is 24.4. The molecule has 2 aromatic carbocycles. The van der Waals surface area contributed by atoms with Crippen LogP contribution >= 0.6 is 0 Å². The number of halogens is 2. The van der Waals surface area contributed by atoms with Gasteiger partial charge in [0.2, 0.25) is 0 Å². The molecule has 3 atom stereocenters. The number of ether oxygens (including phenoxy) is 1. The van der Waals surface area contributed by atoms with Crippen LogP contribution in [-0.4, -0.2) is 52.5 Å². The number of likely N-dealkylation sites (tertiary alicyclic amines) is 1. The SMILES string of the molecule is CC1C(=O)OCCC1N1CCC(c2ccc(Nc3nc(-c4c(F)cccc4F)nc4c3C(=O)NC4)cc2)C1. The Morgan fingerprint density at radius 2 is 1.79 bits per heavy atom. The number of carbonyl (C=O) groups is 2. The van der Waals surface area contributed by atoms with Crippen LogP contribution in [0.15, 0.2) is 42.5 Å². The van der Waals surface area contributed by atoms with Crippen molar-refractivity contribution in [1.29, 1.82) is 0 Å². The molecule has 3 aliphatic rings. The van der Waals surface area contributed by atoms with Crippen molar-refractivity contribution in [3.8, 4) is 11.4 Å². The zero-order valence-electron chi connectivity index (χ0n) is 20.8. The van der Waals surface area contributed by atoms with Crippen molar-refractivity contribution in [2.75, 3.05) is 25.0 Å². The fourth-order valence-electron chi connectivity index (χ4n) is 5.69. The maximum atomic E-state index is 14.5. The van der Waals surface area contributed by atoms with Crippen molar-refractivity contribution >= 4 is 23.4 Å². The minimum Gasteiger partial charge on any atom is -0.465 e. The molecule has 10 heteroatoms. The molecule has 196 valence electrons.